The number of nitrogens with one attached hydrogen (secondary N) is 1. The summed E-state index contributed by atoms with van der Waals surface area (Å²) in [6.07, 6.45) is 1.03. The smallest absolute Gasteiger partial charge is 0.354 e. The Balaban J connectivity index is 2.18. The summed E-state index contributed by atoms with van der Waals surface area (Å²) < 4.78 is 0. The number of anilines is 1. The fraction of sp³-hybridized carbons (Fsp3) is 0.400. The largest absolute Gasteiger partial charge is 0.477 e. The molecule has 5 nitrogen and oxygen atoms in total. The van der Waals surface area contributed by atoms with E-state index in [4.69, 9.17) is 5.11 Å². The highest BCUT2D eigenvalue weighted by Gasteiger charge is 2.18. The normalized spacial score (nSPS) is 12.2. The van der Waals surface area contributed by atoms with E-state index in [1.54, 1.807) is 12.1 Å². The number of carboxylic acids is 1. The SMILES string of the molecule is CCc1ccc(C(CNc2cccc(C(=O)O)n2)N(CC)CC)cc1. The molecule has 0 fully saturated rings. The molecule has 1 aromatic carbocycles. The number of carboxylic acid groups (broad SMARTS) is 1. The van der Waals surface area contributed by atoms with Crippen LogP contribution in [0.5, 0.6) is 0 Å². The van der Waals surface area contributed by atoms with Crippen LogP contribution in [-0.4, -0.2) is 40.6 Å². The predicted octanol–water partition coefficient (Wildman–Crippen LogP) is 3.84. The van der Waals surface area contributed by atoms with E-state index in [1.165, 1.54) is 17.2 Å². The van der Waals surface area contributed by atoms with E-state index in [1.807, 2.05) is 0 Å². The molecule has 1 aromatic heterocycles. The minimum Gasteiger partial charge on any atom is -0.477 e. The molecule has 134 valence electrons. The summed E-state index contributed by atoms with van der Waals surface area (Å²) in [6, 6.07) is 13.9. The Bertz CT molecular complexity index is 682. The van der Waals surface area contributed by atoms with Crippen LogP contribution in [0.15, 0.2) is 42.5 Å². The highest BCUT2D eigenvalue weighted by atomic mass is 16.4. The third kappa shape index (κ3) is 5.03. The minimum absolute atomic E-state index is 0.0525. The molecule has 25 heavy (non-hydrogen) atoms. The van der Waals surface area contributed by atoms with E-state index in [-0.39, 0.29) is 11.7 Å². The van der Waals surface area contributed by atoms with Gasteiger partial charge in [0.15, 0.2) is 5.69 Å². The average Bonchev–Trinajstić information content (AvgIpc) is 2.65. The Hall–Kier alpha value is -2.40. The summed E-state index contributed by atoms with van der Waals surface area (Å²) in [6.45, 7) is 9.02. The fourth-order valence-corrected chi connectivity index (χ4v) is 2.95. The van der Waals surface area contributed by atoms with Gasteiger partial charge in [0.05, 0.1) is 6.04 Å². The first-order valence-electron chi connectivity index (χ1n) is 8.86. The van der Waals surface area contributed by atoms with Crippen molar-refractivity contribution in [3.63, 3.8) is 0 Å². The molecule has 0 amide bonds. The van der Waals surface area contributed by atoms with Crippen LogP contribution in [-0.2, 0) is 6.42 Å². The van der Waals surface area contributed by atoms with Gasteiger partial charge in [-0.25, -0.2) is 9.78 Å². The van der Waals surface area contributed by atoms with Crippen molar-refractivity contribution in [3.8, 4) is 0 Å². The number of aromatic carboxylic acids is 1. The zero-order valence-electron chi connectivity index (χ0n) is 15.2. The van der Waals surface area contributed by atoms with Crippen LogP contribution in [0.3, 0.4) is 0 Å². The molecule has 5 heteroatoms. The van der Waals surface area contributed by atoms with Crippen LogP contribution < -0.4 is 5.32 Å². The molecule has 0 aliphatic heterocycles. The number of carbonyl (C=O) groups is 1. The minimum atomic E-state index is -1.01. The van der Waals surface area contributed by atoms with E-state index < -0.39 is 5.97 Å². The molecule has 2 aromatic rings. The third-order valence-electron chi connectivity index (χ3n) is 4.47. The van der Waals surface area contributed by atoms with Gasteiger partial charge in [-0.3, -0.25) is 4.90 Å². The van der Waals surface area contributed by atoms with Crippen molar-refractivity contribution >= 4 is 11.8 Å². The Labute approximate surface area is 149 Å². The second-order valence-electron chi connectivity index (χ2n) is 5.93. The van der Waals surface area contributed by atoms with Crippen molar-refractivity contribution in [2.75, 3.05) is 25.0 Å². The number of nitrogens with zero attached hydrogens (tertiary/aromatic N) is 2. The molecule has 0 spiro atoms. The van der Waals surface area contributed by atoms with Crippen LogP contribution in [0.25, 0.3) is 0 Å². The summed E-state index contributed by atoms with van der Waals surface area (Å²) in [5.41, 5.74) is 2.63. The Morgan fingerprint density at radius 2 is 1.80 bits per heavy atom. The van der Waals surface area contributed by atoms with Gasteiger partial charge in [0.2, 0.25) is 0 Å². The van der Waals surface area contributed by atoms with Crippen LogP contribution in [0, 0.1) is 0 Å². The topological polar surface area (TPSA) is 65.5 Å². The number of pyridine rings is 1. The van der Waals surface area contributed by atoms with E-state index in [0.29, 0.717) is 12.4 Å². The molecule has 0 bridgehead atoms. The van der Waals surface area contributed by atoms with Crippen molar-refractivity contribution < 1.29 is 9.90 Å². The van der Waals surface area contributed by atoms with Gasteiger partial charge in [-0.1, -0.05) is 51.1 Å². The van der Waals surface area contributed by atoms with Crippen molar-refractivity contribution in [1.29, 1.82) is 0 Å². The second kappa shape index (κ2) is 9.18. The summed E-state index contributed by atoms with van der Waals surface area (Å²) in [5, 5.41) is 12.4. The number of aromatic nitrogens is 1. The Morgan fingerprint density at radius 1 is 1.12 bits per heavy atom. The Kier molecular flexibility index (Phi) is 6.95. The third-order valence-corrected chi connectivity index (χ3v) is 4.47. The lowest BCUT2D eigenvalue weighted by Gasteiger charge is -2.30. The summed E-state index contributed by atoms with van der Waals surface area (Å²) in [5.74, 6) is -0.429. The number of likely N-dealkylation sites (N-methyl/N-ethyl adjacent to an activating group) is 1. The van der Waals surface area contributed by atoms with Gasteiger partial charge in [0.25, 0.3) is 0 Å². The number of aryl methyl sites for hydroxylation is 1. The lowest BCUT2D eigenvalue weighted by molar-refractivity contribution is 0.0690. The van der Waals surface area contributed by atoms with Crippen LogP contribution in [0.1, 0.15) is 48.4 Å². The summed E-state index contributed by atoms with van der Waals surface area (Å²) >= 11 is 0. The van der Waals surface area contributed by atoms with Crippen molar-refractivity contribution in [2.24, 2.45) is 0 Å². The fourth-order valence-electron chi connectivity index (χ4n) is 2.95. The Morgan fingerprint density at radius 3 is 2.36 bits per heavy atom. The number of hydrogen-bond acceptors (Lipinski definition) is 4. The first kappa shape index (κ1) is 18.9. The van der Waals surface area contributed by atoms with E-state index >= 15 is 0 Å². The highest BCUT2D eigenvalue weighted by Crippen LogP contribution is 2.22. The lowest BCUT2D eigenvalue weighted by Crippen LogP contribution is -2.33. The van der Waals surface area contributed by atoms with Crippen molar-refractivity contribution in [1.82, 2.24) is 9.88 Å². The van der Waals surface area contributed by atoms with Gasteiger partial charge >= 0.3 is 5.97 Å². The molecule has 2 N–H and O–H groups in total. The molecule has 0 aliphatic rings. The standard InChI is InChI=1S/C20H27N3O2/c1-4-15-10-12-16(13-11-15)18(23(5-2)6-3)14-21-19-9-7-8-17(22-19)20(24)25/h7-13,18H,4-6,14H2,1-3H3,(H,21,22)(H,24,25). The van der Waals surface area contributed by atoms with Crippen LogP contribution in [0.2, 0.25) is 0 Å². The quantitative estimate of drug-likeness (QED) is 0.725. The van der Waals surface area contributed by atoms with Gasteiger partial charge in [-0.2, -0.15) is 0 Å². The van der Waals surface area contributed by atoms with Gasteiger partial charge in [0, 0.05) is 6.54 Å². The van der Waals surface area contributed by atoms with Crippen LogP contribution in [0.4, 0.5) is 5.82 Å². The molecular weight excluding hydrogens is 314 g/mol. The number of rotatable bonds is 9. The molecule has 0 aliphatic carbocycles. The summed E-state index contributed by atoms with van der Waals surface area (Å²) in [7, 11) is 0. The van der Waals surface area contributed by atoms with Gasteiger partial charge in [-0.15, -0.1) is 0 Å². The first-order valence-corrected chi connectivity index (χ1v) is 8.86. The molecule has 0 saturated heterocycles. The van der Waals surface area contributed by atoms with E-state index in [0.717, 1.165) is 19.5 Å². The van der Waals surface area contributed by atoms with Crippen LogP contribution >= 0.6 is 0 Å². The van der Waals surface area contributed by atoms with Gasteiger partial charge in [0.1, 0.15) is 5.82 Å². The first-order chi connectivity index (χ1) is 12.1. The maximum Gasteiger partial charge on any atom is 0.354 e. The highest BCUT2D eigenvalue weighted by molar-refractivity contribution is 5.85. The van der Waals surface area contributed by atoms with E-state index in [9.17, 15) is 4.79 Å². The summed E-state index contributed by atoms with van der Waals surface area (Å²) in [4.78, 5) is 17.6. The van der Waals surface area contributed by atoms with Gasteiger partial charge in [-0.05, 0) is 42.8 Å². The molecule has 2 rings (SSSR count). The zero-order chi connectivity index (χ0) is 18.2. The molecule has 0 saturated carbocycles. The maximum atomic E-state index is 11.1. The van der Waals surface area contributed by atoms with Gasteiger partial charge < -0.3 is 10.4 Å². The predicted molar refractivity (Wildman–Crippen MR) is 101 cm³/mol. The second-order valence-corrected chi connectivity index (χ2v) is 5.93. The number of hydrogen-bond donors (Lipinski definition) is 2. The number of benzene rings is 1. The average molecular weight is 341 g/mol. The molecule has 0 radical (unpaired) electrons. The monoisotopic (exact) mass is 341 g/mol. The molecule has 1 unspecified atom stereocenters. The van der Waals surface area contributed by atoms with E-state index in [2.05, 4.69) is 60.2 Å². The van der Waals surface area contributed by atoms with Crippen molar-refractivity contribution in [2.45, 2.75) is 33.2 Å². The zero-order valence-corrected chi connectivity index (χ0v) is 15.2. The lowest BCUT2D eigenvalue weighted by atomic mass is 10.0. The maximum absolute atomic E-state index is 11.1. The molecular formula is C20H27N3O2. The van der Waals surface area contributed by atoms with Crippen molar-refractivity contribution in [3.05, 3.63) is 59.3 Å². The molecule has 1 atom stereocenters. The molecule has 1 heterocycles.